The van der Waals surface area contributed by atoms with Crippen LogP contribution in [0.3, 0.4) is 0 Å². The quantitative estimate of drug-likeness (QED) is 0.250. The third-order valence-electron chi connectivity index (χ3n) is 4.26. The summed E-state index contributed by atoms with van der Waals surface area (Å²) in [6, 6.07) is 15.5. The molecule has 0 aliphatic carbocycles. The molecule has 0 spiro atoms. The number of hydrogen-bond donors (Lipinski definition) is 4. The van der Waals surface area contributed by atoms with Gasteiger partial charge >= 0.3 is 0 Å². The number of aliphatic imine (C=N–C) groups is 1. The second-order valence-electron chi connectivity index (χ2n) is 6.03. The number of carbonyl (C=O) groups excluding carboxylic acids is 1. The van der Waals surface area contributed by atoms with E-state index in [1.54, 1.807) is 19.2 Å². The van der Waals surface area contributed by atoms with Crippen LogP contribution in [0, 0.1) is 0 Å². The molecule has 142 valence electrons. The molecule has 27 heavy (non-hydrogen) atoms. The molecule has 6 nitrogen and oxygen atoms in total. The molecule has 5 N–H and O–H groups in total. The highest BCUT2D eigenvalue weighted by Crippen LogP contribution is 2.17. The maximum atomic E-state index is 11.3. The van der Waals surface area contributed by atoms with Gasteiger partial charge in [-0.1, -0.05) is 30.3 Å². The van der Waals surface area contributed by atoms with Gasteiger partial charge in [0.1, 0.15) is 0 Å². The van der Waals surface area contributed by atoms with Gasteiger partial charge in [0, 0.05) is 42.8 Å². The lowest BCUT2D eigenvalue weighted by Crippen LogP contribution is -2.37. The number of hydrogen-bond acceptors (Lipinski definition) is 2. The first-order valence-corrected chi connectivity index (χ1v) is 8.55. The molecule has 0 fully saturated rings. The van der Waals surface area contributed by atoms with Crippen LogP contribution in [0.5, 0.6) is 0 Å². The number of guanidine groups is 1. The van der Waals surface area contributed by atoms with Gasteiger partial charge in [-0.2, -0.15) is 0 Å². The van der Waals surface area contributed by atoms with Crippen molar-refractivity contribution in [2.24, 2.45) is 10.7 Å². The van der Waals surface area contributed by atoms with E-state index < -0.39 is 5.91 Å². The van der Waals surface area contributed by atoms with Crippen molar-refractivity contribution < 1.29 is 4.79 Å². The molecule has 0 radical (unpaired) electrons. The van der Waals surface area contributed by atoms with E-state index in [9.17, 15) is 4.79 Å². The summed E-state index contributed by atoms with van der Waals surface area (Å²) in [6.07, 6.45) is 2.94. The van der Waals surface area contributed by atoms with Crippen LogP contribution < -0.4 is 16.4 Å². The number of nitrogens with two attached hydrogens (primary N) is 1. The third-order valence-corrected chi connectivity index (χ3v) is 4.26. The van der Waals surface area contributed by atoms with E-state index in [1.165, 1.54) is 10.9 Å². The van der Waals surface area contributed by atoms with Crippen molar-refractivity contribution >= 4 is 46.7 Å². The predicted octanol–water partition coefficient (Wildman–Crippen LogP) is 2.79. The summed E-state index contributed by atoms with van der Waals surface area (Å²) in [5.41, 5.74) is 9.23. The molecule has 0 unspecified atom stereocenters. The number of amides is 1. The summed E-state index contributed by atoms with van der Waals surface area (Å²) in [4.78, 5) is 18.8. The highest BCUT2D eigenvalue weighted by molar-refractivity contribution is 14.0. The van der Waals surface area contributed by atoms with Crippen LogP contribution in [0.15, 0.2) is 59.7 Å². The molecule has 0 saturated carbocycles. The van der Waals surface area contributed by atoms with Crippen molar-refractivity contribution in [3.63, 3.8) is 0 Å². The van der Waals surface area contributed by atoms with Crippen LogP contribution in [0.2, 0.25) is 0 Å². The maximum Gasteiger partial charge on any atom is 0.248 e. The zero-order valence-corrected chi connectivity index (χ0v) is 17.5. The number of rotatable bonds is 6. The van der Waals surface area contributed by atoms with Crippen LogP contribution in [-0.2, 0) is 13.0 Å². The standard InChI is InChI=1S/C20H23N5O.HI/c1-22-20(25-12-14-5-4-6-15(11-14)19(21)26)23-10-9-16-13-24-18-8-3-2-7-17(16)18;/h2-8,11,13,24H,9-10,12H2,1H3,(H2,21,26)(H2,22,23,25);1H. The Hall–Kier alpha value is -2.55. The van der Waals surface area contributed by atoms with Gasteiger partial charge in [-0.3, -0.25) is 9.79 Å². The number of primary amides is 1. The summed E-state index contributed by atoms with van der Waals surface area (Å²) in [7, 11) is 1.74. The van der Waals surface area contributed by atoms with Gasteiger partial charge in [0.25, 0.3) is 0 Å². The largest absolute Gasteiger partial charge is 0.366 e. The zero-order valence-electron chi connectivity index (χ0n) is 15.2. The van der Waals surface area contributed by atoms with E-state index in [0.29, 0.717) is 18.1 Å². The molecule has 0 aliphatic heterocycles. The monoisotopic (exact) mass is 477 g/mol. The Bertz CT molecular complexity index is 935. The molecule has 3 aromatic rings. The Balaban J connectivity index is 0.00000261. The Labute approximate surface area is 175 Å². The van der Waals surface area contributed by atoms with Gasteiger partial charge in [0.2, 0.25) is 5.91 Å². The molecule has 0 bridgehead atoms. The van der Waals surface area contributed by atoms with Crippen LogP contribution in [0.1, 0.15) is 21.5 Å². The summed E-state index contributed by atoms with van der Waals surface area (Å²) >= 11 is 0. The summed E-state index contributed by atoms with van der Waals surface area (Å²) in [6.45, 7) is 1.33. The Morgan fingerprint density at radius 1 is 1.15 bits per heavy atom. The minimum atomic E-state index is -0.423. The van der Waals surface area contributed by atoms with Crippen LogP contribution in [-0.4, -0.2) is 30.4 Å². The highest BCUT2D eigenvalue weighted by atomic mass is 127. The van der Waals surface area contributed by atoms with Crippen molar-refractivity contribution in [3.8, 4) is 0 Å². The predicted molar refractivity (Wildman–Crippen MR) is 121 cm³/mol. The minimum Gasteiger partial charge on any atom is -0.366 e. The van der Waals surface area contributed by atoms with Crippen LogP contribution in [0.4, 0.5) is 0 Å². The van der Waals surface area contributed by atoms with Crippen LogP contribution >= 0.6 is 24.0 Å². The SMILES string of the molecule is CN=C(NCCc1c[nH]c2ccccc12)NCc1cccc(C(N)=O)c1.I. The van der Waals surface area contributed by atoms with Gasteiger partial charge in [0.05, 0.1) is 0 Å². The topological polar surface area (TPSA) is 95.3 Å². The number of aromatic amines is 1. The van der Waals surface area contributed by atoms with E-state index in [4.69, 9.17) is 5.73 Å². The van der Waals surface area contributed by atoms with Gasteiger partial charge in [-0.05, 0) is 35.7 Å². The van der Waals surface area contributed by atoms with Gasteiger partial charge in [-0.25, -0.2) is 0 Å². The lowest BCUT2D eigenvalue weighted by molar-refractivity contribution is 0.1000. The maximum absolute atomic E-state index is 11.3. The third kappa shape index (κ3) is 5.46. The molecule has 7 heteroatoms. The Morgan fingerprint density at radius 2 is 1.96 bits per heavy atom. The Kier molecular flexibility index (Phi) is 7.66. The number of fused-ring (bicyclic) bond motifs is 1. The number of carbonyl (C=O) groups is 1. The van der Waals surface area contributed by atoms with E-state index in [1.807, 2.05) is 24.3 Å². The summed E-state index contributed by atoms with van der Waals surface area (Å²) < 4.78 is 0. The number of H-pyrrole nitrogens is 1. The smallest absolute Gasteiger partial charge is 0.248 e. The van der Waals surface area contributed by atoms with E-state index >= 15 is 0 Å². The molecule has 2 aromatic carbocycles. The molecule has 1 heterocycles. The fourth-order valence-corrected chi connectivity index (χ4v) is 2.89. The van der Waals surface area contributed by atoms with Crippen molar-refractivity contribution in [2.75, 3.05) is 13.6 Å². The molecule has 0 atom stereocenters. The summed E-state index contributed by atoms with van der Waals surface area (Å²) in [5, 5.41) is 7.81. The molecule has 3 rings (SSSR count). The van der Waals surface area contributed by atoms with E-state index in [-0.39, 0.29) is 24.0 Å². The van der Waals surface area contributed by atoms with Crippen LogP contribution in [0.25, 0.3) is 10.9 Å². The number of aromatic nitrogens is 1. The minimum absolute atomic E-state index is 0. The van der Waals surface area contributed by atoms with Gasteiger partial charge in [0.15, 0.2) is 5.96 Å². The normalized spacial score (nSPS) is 11.1. The number of halogens is 1. The molecular formula is C20H24IN5O. The van der Waals surface area contributed by atoms with Crippen molar-refractivity contribution in [1.82, 2.24) is 15.6 Å². The zero-order chi connectivity index (χ0) is 18.4. The summed E-state index contributed by atoms with van der Waals surface area (Å²) in [5.74, 6) is 0.294. The average molecular weight is 477 g/mol. The molecule has 1 aromatic heterocycles. The van der Waals surface area contributed by atoms with Crippen molar-refractivity contribution in [2.45, 2.75) is 13.0 Å². The second-order valence-corrected chi connectivity index (χ2v) is 6.03. The van der Waals surface area contributed by atoms with Crippen molar-refractivity contribution in [1.29, 1.82) is 0 Å². The average Bonchev–Trinajstić information content (AvgIpc) is 3.08. The number of nitrogens with one attached hydrogen (secondary N) is 3. The molecule has 0 aliphatic rings. The van der Waals surface area contributed by atoms with Gasteiger partial charge < -0.3 is 21.4 Å². The molecular weight excluding hydrogens is 453 g/mol. The number of benzene rings is 2. The first-order valence-electron chi connectivity index (χ1n) is 8.55. The van der Waals surface area contributed by atoms with Crippen molar-refractivity contribution in [3.05, 3.63) is 71.4 Å². The molecule has 0 saturated heterocycles. The fourth-order valence-electron chi connectivity index (χ4n) is 2.89. The highest BCUT2D eigenvalue weighted by Gasteiger charge is 2.05. The first kappa shape index (κ1) is 20.8. The Morgan fingerprint density at radius 3 is 2.74 bits per heavy atom. The molecule has 1 amide bonds. The first-order chi connectivity index (χ1) is 12.7. The lowest BCUT2D eigenvalue weighted by atomic mass is 10.1. The second kappa shape index (κ2) is 9.96. The van der Waals surface area contributed by atoms with Gasteiger partial charge in [-0.15, -0.1) is 24.0 Å². The lowest BCUT2D eigenvalue weighted by Gasteiger charge is -2.12. The van der Waals surface area contributed by atoms with E-state index in [2.05, 4.69) is 38.9 Å². The fraction of sp³-hybridized carbons (Fsp3) is 0.200. The number of nitrogens with zero attached hydrogens (tertiary/aromatic N) is 1. The number of para-hydroxylation sites is 1. The van der Waals surface area contributed by atoms with E-state index in [0.717, 1.165) is 24.0 Å².